The van der Waals surface area contributed by atoms with Gasteiger partial charge in [0.1, 0.15) is 0 Å². The highest BCUT2D eigenvalue weighted by Gasteiger charge is 2.19. The van der Waals surface area contributed by atoms with Crippen molar-refractivity contribution in [2.75, 3.05) is 5.75 Å². The molecule has 3 rings (SSSR count). The molecule has 0 spiro atoms. The van der Waals surface area contributed by atoms with Gasteiger partial charge in [0.05, 0.1) is 17.0 Å². The van der Waals surface area contributed by atoms with E-state index in [1.165, 1.54) is 0 Å². The van der Waals surface area contributed by atoms with E-state index in [-0.39, 0.29) is 12.2 Å². The van der Waals surface area contributed by atoms with Crippen molar-refractivity contribution in [2.45, 2.75) is 19.9 Å². The summed E-state index contributed by atoms with van der Waals surface area (Å²) in [7, 11) is -4.17. The molecule has 5 nitrogen and oxygen atoms in total. The maximum atomic E-state index is 10.7. The summed E-state index contributed by atoms with van der Waals surface area (Å²) < 4.78 is 39.7. The first-order valence-corrected chi connectivity index (χ1v) is 8.27. The number of hydrogen-bond donors (Lipinski definition) is 0. The Morgan fingerprint density at radius 1 is 1.19 bits per heavy atom. The Labute approximate surface area is 122 Å². The zero-order valence-corrected chi connectivity index (χ0v) is 12.4. The number of hydrogen-bond acceptors (Lipinski definition) is 4. The van der Waals surface area contributed by atoms with Crippen molar-refractivity contribution in [3.8, 4) is 0 Å². The van der Waals surface area contributed by atoms with Crippen LogP contribution in [-0.4, -0.2) is 18.7 Å². The zero-order valence-electron chi connectivity index (χ0n) is 11.6. The maximum Gasteiger partial charge on any atom is 0.344 e. The highest BCUT2D eigenvalue weighted by atomic mass is 32.2. The van der Waals surface area contributed by atoms with Gasteiger partial charge in [-0.1, -0.05) is 24.3 Å². The highest BCUT2D eigenvalue weighted by molar-refractivity contribution is 7.85. The first-order valence-electron chi connectivity index (χ1n) is 6.69. The zero-order chi connectivity index (χ0) is 15.0. The van der Waals surface area contributed by atoms with Crippen LogP contribution in [0, 0.1) is 6.92 Å². The van der Waals surface area contributed by atoms with E-state index >= 15 is 0 Å². The lowest BCUT2D eigenvalue weighted by atomic mass is 10.1. The molecule has 0 saturated carbocycles. The smallest absolute Gasteiger partial charge is 0.344 e. The molecule has 6 heteroatoms. The van der Waals surface area contributed by atoms with Crippen molar-refractivity contribution < 1.29 is 22.0 Å². The lowest BCUT2D eigenvalue weighted by Gasteiger charge is -2.03. The third kappa shape index (κ3) is 2.91. The summed E-state index contributed by atoms with van der Waals surface area (Å²) in [6.45, 7) is 2.27. The summed E-state index contributed by atoms with van der Waals surface area (Å²) in [5, 5.41) is 2.18. The monoisotopic (exact) mass is 305 g/mol. The molecule has 0 aliphatic rings. The molecule has 0 aliphatic carbocycles. The van der Waals surface area contributed by atoms with Crippen LogP contribution in [0.5, 0.6) is 0 Å². The Balaban J connectivity index is 2.01. The van der Waals surface area contributed by atoms with Crippen molar-refractivity contribution in [1.29, 1.82) is 0 Å². The van der Waals surface area contributed by atoms with Crippen LogP contribution >= 0.6 is 0 Å². The molecule has 0 bridgehead atoms. The van der Waals surface area contributed by atoms with Gasteiger partial charge in [0.25, 0.3) is 5.52 Å². The number of aryl methyl sites for hydroxylation is 2. The number of aromatic nitrogens is 1. The molecular weight excluding hydrogens is 290 g/mol. The first-order chi connectivity index (χ1) is 9.94. The quantitative estimate of drug-likeness (QED) is 0.546. The van der Waals surface area contributed by atoms with Gasteiger partial charge in [-0.2, -0.15) is 4.57 Å². The third-order valence-corrected chi connectivity index (χ3v) is 4.32. The van der Waals surface area contributed by atoms with Crippen molar-refractivity contribution in [1.82, 2.24) is 0 Å². The topological polar surface area (TPSA) is 74.2 Å². The standard InChI is InChI=1S/C15H15NO4S/c1-11-16(7-4-8-21(17,18)19)14-9-12-5-2-3-6-13(12)10-15(14)20-11/h2-3,5-6,9-10H,4,7-8H2,1H3. The summed E-state index contributed by atoms with van der Waals surface area (Å²) in [4.78, 5) is 0. The Hall–Kier alpha value is -1.92. The van der Waals surface area contributed by atoms with E-state index in [0.717, 1.165) is 21.9 Å². The van der Waals surface area contributed by atoms with Gasteiger partial charge >= 0.3 is 5.89 Å². The van der Waals surface area contributed by atoms with Crippen LogP contribution in [0.1, 0.15) is 12.3 Å². The van der Waals surface area contributed by atoms with Crippen LogP contribution in [0.15, 0.2) is 40.8 Å². The molecular formula is C15H15NO4S. The number of rotatable bonds is 4. The van der Waals surface area contributed by atoms with E-state index in [1.807, 2.05) is 47.9 Å². The van der Waals surface area contributed by atoms with E-state index < -0.39 is 10.1 Å². The van der Waals surface area contributed by atoms with Crippen LogP contribution in [-0.2, 0) is 16.7 Å². The van der Waals surface area contributed by atoms with Crippen LogP contribution in [0.2, 0.25) is 0 Å². The number of fused-ring (bicyclic) bond motifs is 2. The fraction of sp³-hybridized carbons (Fsp3) is 0.267. The van der Waals surface area contributed by atoms with E-state index in [0.29, 0.717) is 12.4 Å². The molecule has 0 unspecified atom stereocenters. The minimum absolute atomic E-state index is 0.277. The fourth-order valence-corrected chi connectivity index (χ4v) is 3.04. The van der Waals surface area contributed by atoms with E-state index in [1.54, 1.807) is 0 Å². The number of benzene rings is 2. The first kappa shape index (κ1) is 14.0. The maximum absolute atomic E-state index is 10.7. The van der Waals surface area contributed by atoms with Gasteiger partial charge in [0, 0.05) is 18.2 Å². The van der Waals surface area contributed by atoms with Gasteiger partial charge in [-0.05, 0) is 16.8 Å². The molecule has 0 aliphatic heterocycles. The summed E-state index contributed by atoms with van der Waals surface area (Å²) in [6, 6.07) is 12.0. The molecule has 0 N–H and O–H groups in total. The summed E-state index contributed by atoms with van der Waals surface area (Å²) in [6.07, 6.45) is 0.277. The predicted octanol–water partition coefficient (Wildman–Crippen LogP) is 2.12. The molecule has 110 valence electrons. The van der Waals surface area contributed by atoms with Crippen LogP contribution < -0.4 is 4.57 Å². The van der Waals surface area contributed by atoms with Gasteiger partial charge in [-0.3, -0.25) is 0 Å². The summed E-state index contributed by atoms with van der Waals surface area (Å²) >= 11 is 0. The van der Waals surface area contributed by atoms with Crippen LogP contribution in [0.25, 0.3) is 21.9 Å². The Morgan fingerprint density at radius 3 is 2.52 bits per heavy atom. The van der Waals surface area contributed by atoms with Crippen molar-refractivity contribution in [3.63, 3.8) is 0 Å². The van der Waals surface area contributed by atoms with Gasteiger partial charge < -0.3 is 8.97 Å². The third-order valence-electron chi connectivity index (χ3n) is 3.53. The minimum Gasteiger partial charge on any atom is -0.748 e. The van der Waals surface area contributed by atoms with E-state index in [4.69, 9.17) is 4.42 Å². The van der Waals surface area contributed by atoms with Crippen LogP contribution in [0.4, 0.5) is 0 Å². The highest BCUT2D eigenvalue weighted by Crippen LogP contribution is 2.22. The second-order valence-corrected chi connectivity index (χ2v) is 6.58. The second-order valence-electron chi connectivity index (χ2n) is 5.06. The SMILES string of the molecule is Cc1oc2cc3ccccc3cc2[n+]1CCCS(=O)(=O)[O-]. The Kier molecular flexibility index (Phi) is 3.43. The molecule has 3 aromatic rings. The van der Waals surface area contributed by atoms with Gasteiger partial charge in [0.2, 0.25) is 5.58 Å². The predicted molar refractivity (Wildman–Crippen MR) is 77.8 cm³/mol. The Bertz CT molecular complexity index is 912. The lowest BCUT2D eigenvalue weighted by molar-refractivity contribution is -0.682. The normalized spacial score (nSPS) is 12.3. The lowest BCUT2D eigenvalue weighted by Crippen LogP contribution is -2.36. The molecule has 2 aromatic carbocycles. The van der Waals surface area contributed by atoms with Crippen molar-refractivity contribution >= 4 is 32.0 Å². The molecule has 0 amide bonds. The summed E-state index contributed by atoms with van der Waals surface area (Å²) in [5.74, 6) is 0.336. The van der Waals surface area contributed by atoms with Gasteiger partial charge in [-0.25, -0.2) is 8.42 Å². The largest absolute Gasteiger partial charge is 0.748 e. The van der Waals surface area contributed by atoms with Crippen molar-refractivity contribution in [2.24, 2.45) is 0 Å². The molecule has 1 heterocycles. The Morgan fingerprint density at radius 2 is 1.86 bits per heavy atom. The van der Waals surface area contributed by atoms with E-state index in [2.05, 4.69) is 0 Å². The minimum atomic E-state index is -4.17. The number of oxazole rings is 1. The fourth-order valence-electron chi connectivity index (χ4n) is 2.56. The molecule has 0 atom stereocenters. The second kappa shape index (κ2) is 5.13. The molecule has 0 radical (unpaired) electrons. The van der Waals surface area contributed by atoms with Gasteiger partial charge in [-0.15, -0.1) is 0 Å². The molecule has 0 saturated heterocycles. The average Bonchev–Trinajstić information content (AvgIpc) is 2.70. The van der Waals surface area contributed by atoms with E-state index in [9.17, 15) is 13.0 Å². The molecule has 21 heavy (non-hydrogen) atoms. The summed E-state index contributed by atoms with van der Waals surface area (Å²) in [5.41, 5.74) is 1.67. The average molecular weight is 305 g/mol. The molecule has 0 fully saturated rings. The van der Waals surface area contributed by atoms with Gasteiger partial charge in [0.15, 0.2) is 6.54 Å². The molecule has 1 aromatic heterocycles. The van der Waals surface area contributed by atoms with Crippen molar-refractivity contribution in [3.05, 3.63) is 42.3 Å². The number of nitrogens with zero attached hydrogens (tertiary/aromatic N) is 1. The van der Waals surface area contributed by atoms with Crippen LogP contribution in [0.3, 0.4) is 0 Å².